The van der Waals surface area contributed by atoms with E-state index >= 15 is 0 Å². The van der Waals surface area contributed by atoms with Crippen molar-refractivity contribution in [3.63, 3.8) is 0 Å². The minimum atomic E-state index is 0.0890. The lowest BCUT2D eigenvalue weighted by Gasteiger charge is -2.38. The van der Waals surface area contributed by atoms with Gasteiger partial charge in [-0.05, 0) is 24.7 Å². The van der Waals surface area contributed by atoms with Crippen molar-refractivity contribution in [2.45, 2.75) is 12.1 Å². The van der Waals surface area contributed by atoms with Crippen molar-refractivity contribution < 1.29 is 4.74 Å². The number of aromatic nitrogens is 1. The molecule has 2 rings (SSSR count). The highest BCUT2D eigenvalue weighted by molar-refractivity contribution is 5.17. The first-order valence-electron chi connectivity index (χ1n) is 5.24. The molecular weight excluding hydrogens is 190 g/mol. The van der Waals surface area contributed by atoms with E-state index in [4.69, 9.17) is 10.5 Å². The standard InChI is InChI=1S/C11H17N3O/c1-14-6-7-15-10(8-12)11(14)9-2-4-13-5-3-9/h2-5,10-11H,6-8,12H2,1H3. The zero-order valence-electron chi connectivity index (χ0n) is 8.97. The lowest BCUT2D eigenvalue weighted by molar-refractivity contribution is -0.0576. The first-order valence-corrected chi connectivity index (χ1v) is 5.24. The van der Waals surface area contributed by atoms with Crippen LogP contribution in [-0.4, -0.2) is 42.7 Å². The summed E-state index contributed by atoms with van der Waals surface area (Å²) in [4.78, 5) is 6.31. The Morgan fingerprint density at radius 3 is 2.93 bits per heavy atom. The van der Waals surface area contributed by atoms with Crippen LogP contribution in [0.2, 0.25) is 0 Å². The molecule has 1 aromatic heterocycles. The Bertz CT molecular complexity index is 304. The molecular formula is C11H17N3O. The predicted octanol–water partition coefficient (Wildman–Crippen LogP) is 0.412. The third-order valence-electron chi connectivity index (χ3n) is 2.88. The number of rotatable bonds is 2. The monoisotopic (exact) mass is 207 g/mol. The Morgan fingerprint density at radius 2 is 2.27 bits per heavy atom. The van der Waals surface area contributed by atoms with Crippen LogP contribution in [0.25, 0.3) is 0 Å². The first-order chi connectivity index (χ1) is 7.33. The molecule has 0 amide bonds. The van der Waals surface area contributed by atoms with Crippen LogP contribution in [0.4, 0.5) is 0 Å². The van der Waals surface area contributed by atoms with Crippen LogP contribution in [0.15, 0.2) is 24.5 Å². The second-order valence-corrected chi connectivity index (χ2v) is 3.85. The normalized spacial score (nSPS) is 27.9. The minimum Gasteiger partial charge on any atom is -0.374 e. The van der Waals surface area contributed by atoms with Crippen molar-refractivity contribution in [3.8, 4) is 0 Å². The number of likely N-dealkylation sites (N-methyl/N-ethyl adjacent to an activating group) is 1. The number of morpholine rings is 1. The van der Waals surface area contributed by atoms with Gasteiger partial charge in [0, 0.05) is 25.5 Å². The van der Waals surface area contributed by atoms with E-state index in [1.807, 2.05) is 24.5 Å². The molecule has 0 bridgehead atoms. The number of nitrogens with two attached hydrogens (primary N) is 1. The van der Waals surface area contributed by atoms with Crippen molar-refractivity contribution in [1.29, 1.82) is 0 Å². The number of pyridine rings is 1. The zero-order chi connectivity index (χ0) is 10.7. The minimum absolute atomic E-state index is 0.0890. The molecule has 1 aromatic rings. The highest BCUT2D eigenvalue weighted by atomic mass is 16.5. The molecule has 4 nitrogen and oxygen atoms in total. The largest absolute Gasteiger partial charge is 0.374 e. The second kappa shape index (κ2) is 4.70. The summed E-state index contributed by atoms with van der Waals surface area (Å²) in [5, 5.41) is 0. The lowest BCUT2D eigenvalue weighted by atomic mass is 10.00. The summed E-state index contributed by atoms with van der Waals surface area (Å²) in [6.07, 6.45) is 3.71. The molecule has 0 saturated carbocycles. The molecule has 1 aliphatic heterocycles. The van der Waals surface area contributed by atoms with Crippen LogP contribution in [0, 0.1) is 0 Å². The predicted molar refractivity (Wildman–Crippen MR) is 58.4 cm³/mol. The van der Waals surface area contributed by atoms with Crippen LogP contribution in [0.5, 0.6) is 0 Å². The van der Waals surface area contributed by atoms with Crippen LogP contribution >= 0.6 is 0 Å². The third-order valence-corrected chi connectivity index (χ3v) is 2.88. The van der Waals surface area contributed by atoms with Crippen molar-refractivity contribution in [1.82, 2.24) is 9.88 Å². The SMILES string of the molecule is CN1CCOC(CN)C1c1ccncc1. The number of nitrogens with zero attached hydrogens (tertiary/aromatic N) is 2. The molecule has 0 spiro atoms. The molecule has 15 heavy (non-hydrogen) atoms. The van der Waals surface area contributed by atoms with Gasteiger partial charge in [0.2, 0.25) is 0 Å². The maximum Gasteiger partial charge on any atom is 0.0894 e. The summed E-state index contributed by atoms with van der Waals surface area (Å²) < 4.78 is 5.68. The Balaban J connectivity index is 2.23. The first kappa shape index (κ1) is 10.5. The quantitative estimate of drug-likeness (QED) is 0.763. The molecule has 1 fully saturated rings. The molecule has 0 aromatic carbocycles. The molecule has 2 atom stereocenters. The maximum atomic E-state index is 5.73. The van der Waals surface area contributed by atoms with Gasteiger partial charge >= 0.3 is 0 Å². The van der Waals surface area contributed by atoms with Crippen molar-refractivity contribution in [2.75, 3.05) is 26.7 Å². The van der Waals surface area contributed by atoms with Gasteiger partial charge < -0.3 is 10.5 Å². The Kier molecular flexibility index (Phi) is 3.30. The van der Waals surface area contributed by atoms with Crippen LogP contribution in [0.1, 0.15) is 11.6 Å². The molecule has 0 aliphatic carbocycles. The van der Waals surface area contributed by atoms with E-state index in [9.17, 15) is 0 Å². The molecule has 4 heteroatoms. The van der Waals surface area contributed by atoms with E-state index in [1.165, 1.54) is 5.56 Å². The molecule has 0 radical (unpaired) electrons. The molecule has 2 N–H and O–H groups in total. The van der Waals surface area contributed by atoms with E-state index in [2.05, 4.69) is 16.9 Å². The van der Waals surface area contributed by atoms with Gasteiger partial charge in [0.25, 0.3) is 0 Å². The highest BCUT2D eigenvalue weighted by Gasteiger charge is 2.30. The van der Waals surface area contributed by atoms with Crippen molar-refractivity contribution >= 4 is 0 Å². The van der Waals surface area contributed by atoms with Crippen molar-refractivity contribution in [3.05, 3.63) is 30.1 Å². The van der Waals surface area contributed by atoms with Crippen molar-refractivity contribution in [2.24, 2.45) is 5.73 Å². The maximum absolute atomic E-state index is 5.73. The molecule has 2 unspecified atom stereocenters. The van der Waals surface area contributed by atoms with E-state index in [0.29, 0.717) is 6.54 Å². The fourth-order valence-corrected chi connectivity index (χ4v) is 2.09. The third kappa shape index (κ3) is 2.17. The zero-order valence-corrected chi connectivity index (χ0v) is 8.97. The van der Waals surface area contributed by atoms with Gasteiger partial charge in [-0.2, -0.15) is 0 Å². The Labute approximate surface area is 90.0 Å². The van der Waals surface area contributed by atoms with Gasteiger partial charge in [0.05, 0.1) is 18.8 Å². The fraction of sp³-hybridized carbons (Fsp3) is 0.545. The number of hydrogen-bond donors (Lipinski definition) is 1. The molecule has 1 aliphatic rings. The smallest absolute Gasteiger partial charge is 0.0894 e. The number of hydrogen-bond acceptors (Lipinski definition) is 4. The average molecular weight is 207 g/mol. The van der Waals surface area contributed by atoms with E-state index in [1.54, 1.807) is 0 Å². The topological polar surface area (TPSA) is 51.4 Å². The summed E-state index contributed by atoms with van der Waals surface area (Å²) in [6, 6.07) is 4.31. The Morgan fingerprint density at radius 1 is 1.53 bits per heavy atom. The summed E-state index contributed by atoms with van der Waals surface area (Å²) in [5.41, 5.74) is 6.95. The molecule has 2 heterocycles. The molecule has 82 valence electrons. The summed E-state index contributed by atoms with van der Waals surface area (Å²) in [5.74, 6) is 0. The molecule has 1 saturated heterocycles. The van der Waals surface area contributed by atoms with Gasteiger partial charge in [-0.3, -0.25) is 9.88 Å². The summed E-state index contributed by atoms with van der Waals surface area (Å²) in [7, 11) is 2.11. The lowest BCUT2D eigenvalue weighted by Crippen LogP contribution is -2.46. The average Bonchev–Trinajstić information content (AvgIpc) is 2.29. The van der Waals surface area contributed by atoms with E-state index < -0.39 is 0 Å². The van der Waals surface area contributed by atoms with E-state index in [-0.39, 0.29) is 12.1 Å². The summed E-state index contributed by atoms with van der Waals surface area (Å²) in [6.45, 7) is 2.26. The van der Waals surface area contributed by atoms with Gasteiger partial charge in [0.15, 0.2) is 0 Å². The van der Waals surface area contributed by atoms with Crippen LogP contribution in [0.3, 0.4) is 0 Å². The summed E-state index contributed by atoms with van der Waals surface area (Å²) >= 11 is 0. The van der Waals surface area contributed by atoms with Gasteiger partial charge in [-0.15, -0.1) is 0 Å². The van der Waals surface area contributed by atoms with E-state index in [0.717, 1.165) is 13.2 Å². The van der Waals surface area contributed by atoms with Crippen LogP contribution in [-0.2, 0) is 4.74 Å². The van der Waals surface area contributed by atoms with Crippen LogP contribution < -0.4 is 5.73 Å². The van der Waals surface area contributed by atoms with Gasteiger partial charge in [0.1, 0.15) is 0 Å². The fourth-order valence-electron chi connectivity index (χ4n) is 2.09. The Hall–Kier alpha value is -0.970. The number of ether oxygens (including phenoxy) is 1. The highest BCUT2D eigenvalue weighted by Crippen LogP contribution is 2.27. The van der Waals surface area contributed by atoms with Gasteiger partial charge in [-0.25, -0.2) is 0 Å². The second-order valence-electron chi connectivity index (χ2n) is 3.85. The van der Waals surface area contributed by atoms with Gasteiger partial charge in [-0.1, -0.05) is 0 Å².